The lowest BCUT2D eigenvalue weighted by atomic mass is 9.87. The highest BCUT2D eigenvalue weighted by molar-refractivity contribution is 14.1. The summed E-state index contributed by atoms with van der Waals surface area (Å²) in [6, 6.07) is 3.54. The van der Waals surface area contributed by atoms with Crippen molar-refractivity contribution in [2.24, 2.45) is 0 Å². The van der Waals surface area contributed by atoms with Gasteiger partial charge in [0.15, 0.2) is 0 Å². The highest BCUT2D eigenvalue weighted by Crippen LogP contribution is 2.35. The minimum Gasteiger partial charge on any atom is -0.447 e. The molecule has 2 aliphatic heterocycles. The second-order valence-electron chi connectivity index (χ2n) is 11.0. The van der Waals surface area contributed by atoms with Crippen molar-refractivity contribution >= 4 is 46.4 Å². The number of alkyl halides is 4. The van der Waals surface area contributed by atoms with Gasteiger partial charge in [0.05, 0.1) is 29.7 Å². The van der Waals surface area contributed by atoms with Gasteiger partial charge in [-0.15, -0.1) is 0 Å². The average molecular weight is 703 g/mol. The molecule has 0 radical (unpaired) electrons. The number of anilines is 2. The molecule has 2 saturated heterocycles. The predicted molar refractivity (Wildman–Crippen MR) is 163 cm³/mol. The Hall–Kier alpha value is -2.84. The third kappa shape index (κ3) is 7.38. The number of amides is 3. The molecule has 1 N–H and O–H groups in total. The normalized spacial score (nSPS) is 21.1. The maximum atomic E-state index is 13.8. The smallest absolute Gasteiger partial charge is 0.416 e. The van der Waals surface area contributed by atoms with Crippen molar-refractivity contribution in [2.45, 2.75) is 94.8 Å². The van der Waals surface area contributed by atoms with Gasteiger partial charge < -0.3 is 19.9 Å². The summed E-state index contributed by atoms with van der Waals surface area (Å²) in [7, 11) is 0. The second-order valence-corrected chi connectivity index (χ2v) is 11.8. The summed E-state index contributed by atoms with van der Waals surface area (Å²) < 4.78 is 47.4. The van der Waals surface area contributed by atoms with E-state index in [2.05, 4.69) is 37.9 Å². The van der Waals surface area contributed by atoms with Crippen LogP contribution in [0, 0.1) is 0 Å². The highest BCUT2D eigenvalue weighted by atomic mass is 127. The van der Waals surface area contributed by atoms with E-state index in [1.165, 1.54) is 12.1 Å². The lowest BCUT2D eigenvalue weighted by Gasteiger charge is -2.47. The van der Waals surface area contributed by atoms with Gasteiger partial charge in [0, 0.05) is 42.2 Å². The van der Waals surface area contributed by atoms with Crippen LogP contribution in [0.5, 0.6) is 0 Å². The van der Waals surface area contributed by atoms with Crippen LogP contribution in [0.1, 0.15) is 70.1 Å². The van der Waals surface area contributed by atoms with E-state index >= 15 is 0 Å². The van der Waals surface area contributed by atoms with E-state index in [1.54, 1.807) is 23.4 Å². The number of urea groups is 1. The Kier molecular flexibility index (Phi) is 10.4. The van der Waals surface area contributed by atoms with Gasteiger partial charge in [0.25, 0.3) is 0 Å². The number of piperidine rings is 1. The molecule has 0 aliphatic carbocycles. The minimum atomic E-state index is -4.47. The quantitative estimate of drug-likeness (QED) is 0.236. The first-order chi connectivity index (χ1) is 19.9. The summed E-state index contributed by atoms with van der Waals surface area (Å²) in [5.74, 6) is 0.361. The van der Waals surface area contributed by atoms with E-state index in [1.807, 2.05) is 37.5 Å². The van der Waals surface area contributed by atoms with Gasteiger partial charge in [0.2, 0.25) is 5.95 Å². The average Bonchev–Trinajstić information content (AvgIpc) is 3.39. The van der Waals surface area contributed by atoms with Crippen molar-refractivity contribution < 1.29 is 27.5 Å². The molecule has 0 saturated carbocycles. The molecule has 0 spiro atoms. The Bertz CT molecular complexity index is 1230. The molecule has 230 valence electrons. The topological polar surface area (TPSA) is 90.9 Å². The van der Waals surface area contributed by atoms with E-state index < -0.39 is 11.7 Å². The molecular weight excluding hydrogens is 664 g/mol. The number of hydrogen-bond acceptors (Lipinski definition) is 6. The molecule has 1 aromatic carbocycles. The zero-order chi connectivity index (χ0) is 30.6. The maximum Gasteiger partial charge on any atom is 0.416 e. The van der Waals surface area contributed by atoms with Crippen molar-refractivity contribution in [3.8, 4) is 0 Å². The van der Waals surface area contributed by atoms with Crippen molar-refractivity contribution in [3.63, 3.8) is 0 Å². The first-order valence-corrected chi connectivity index (χ1v) is 15.9. The van der Waals surface area contributed by atoms with E-state index in [9.17, 15) is 22.8 Å². The van der Waals surface area contributed by atoms with Gasteiger partial charge in [-0.2, -0.15) is 13.2 Å². The van der Waals surface area contributed by atoms with Crippen LogP contribution in [-0.4, -0.2) is 64.3 Å². The number of nitrogens with zero attached hydrogens (tertiary/aromatic N) is 5. The van der Waals surface area contributed by atoms with Crippen molar-refractivity contribution in [2.75, 3.05) is 22.9 Å². The summed E-state index contributed by atoms with van der Waals surface area (Å²) in [6.07, 6.45) is 0.635. The Morgan fingerprint density at radius 3 is 2.24 bits per heavy atom. The first kappa shape index (κ1) is 32.1. The van der Waals surface area contributed by atoms with Crippen LogP contribution in [0.2, 0.25) is 0 Å². The molecule has 2 aliphatic rings. The van der Waals surface area contributed by atoms with E-state index in [0.717, 1.165) is 0 Å². The molecular formula is C29H38F3IN6O3. The van der Waals surface area contributed by atoms with Crippen molar-refractivity contribution in [3.05, 3.63) is 47.3 Å². The zero-order valence-electron chi connectivity index (χ0n) is 24.3. The van der Waals surface area contributed by atoms with E-state index in [4.69, 9.17) is 4.74 Å². The van der Waals surface area contributed by atoms with Crippen LogP contribution in [0.15, 0.2) is 30.6 Å². The summed E-state index contributed by atoms with van der Waals surface area (Å²) in [4.78, 5) is 39.8. The number of rotatable bonds is 9. The van der Waals surface area contributed by atoms with E-state index in [0.29, 0.717) is 66.0 Å². The van der Waals surface area contributed by atoms with E-state index in [-0.39, 0.29) is 42.9 Å². The minimum absolute atomic E-state index is 0.124. The molecule has 3 heterocycles. The summed E-state index contributed by atoms with van der Waals surface area (Å²) in [5.41, 5.74) is 0.947. The Labute approximate surface area is 258 Å². The Morgan fingerprint density at radius 1 is 1.12 bits per heavy atom. The fraction of sp³-hybridized carbons (Fsp3) is 0.586. The number of hydrogen-bond donors (Lipinski definition) is 1. The van der Waals surface area contributed by atoms with Crippen molar-refractivity contribution in [1.82, 2.24) is 20.2 Å². The molecule has 1 unspecified atom stereocenters. The summed E-state index contributed by atoms with van der Waals surface area (Å²) in [6.45, 7) is 8.86. The Balaban J connectivity index is 1.71. The van der Waals surface area contributed by atoms with Crippen LogP contribution in [-0.2, 0) is 21.9 Å². The first-order valence-electron chi connectivity index (χ1n) is 14.3. The van der Waals surface area contributed by atoms with Gasteiger partial charge in [-0.3, -0.25) is 4.90 Å². The zero-order valence-corrected chi connectivity index (χ0v) is 26.5. The summed E-state index contributed by atoms with van der Waals surface area (Å²) >= 11 is 2.07. The van der Waals surface area contributed by atoms with Crippen LogP contribution >= 0.6 is 22.6 Å². The molecule has 42 heavy (non-hydrogen) atoms. The van der Waals surface area contributed by atoms with Gasteiger partial charge in [-0.1, -0.05) is 42.5 Å². The molecule has 2 fully saturated rings. The predicted octanol–water partition coefficient (Wildman–Crippen LogP) is 6.53. The van der Waals surface area contributed by atoms with Crippen molar-refractivity contribution in [1.29, 1.82) is 0 Å². The number of likely N-dealkylation sites (tertiary alicyclic amines) is 1. The maximum absolute atomic E-state index is 13.8. The number of carbonyl (C=O) groups excluding carboxylic acids is 2. The SMILES string of the molecule is CC[C@@H]1CC(N(Cc2cc(CI)cc(C(F)(F)F)c2)c2ncc(N3CCNC3=O)cn2)C[C@H](CC)N1C(=O)OC(C)C. The fourth-order valence-corrected chi connectivity index (χ4v) is 6.21. The molecule has 1 aromatic heterocycles. The molecule has 3 atom stereocenters. The molecule has 0 bridgehead atoms. The molecule has 9 nitrogen and oxygen atoms in total. The monoisotopic (exact) mass is 702 g/mol. The number of benzene rings is 1. The fourth-order valence-electron chi connectivity index (χ4n) is 5.77. The highest BCUT2D eigenvalue weighted by Gasteiger charge is 2.41. The van der Waals surface area contributed by atoms with Crippen LogP contribution in [0.3, 0.4) is 0 Å². The van der Waals surface area contributed by atoms with Gasteiger partial charge >= 0.3 is 18.3 Å². The molecule has 13 heteroatoms. The number of halogens is 4. The second kappa shape index (κ2) is 13.6. The molecule has 3 amide bonds. The van der Waals surface area contributed by atoms with Gasteiger partial charge in [-0.25, -0.2) is 19.6 Å². The van der Waals surface area contributed by atoms with Crippen LogP contribution in [0.25, 0.3) is 0 Å². The number of ether oxygens (including phenoxy) is 1. The largest absolute Gasteiger partial charge is 0.447 e. The van der Waals surface area contributed by atoms with Gasteiger partial charge in [0.1, 0.15) is 0 Å². The number of nitrogens with one attached hydrogen (secondary N) is 1. The molecule has 4 rings (SSSR count). The lowest BCUT2D eigenvalue weighted by molar-refractivity contribution is -0.137. The van der Waals surface area contributed by atoms with Crippen LogP contribution < -0.4 is 15.1 Å². The number of carbonyl (C=O) groups is 2. The van der Waals surface area contributed by atoms with Gasteiger partial charge in [-0.05, 0) is 62.8 Å². The third-order valence-corrected chi connectivity index (χ3v) is 8.62. The number of aromatic nitrogens is 2. The molecule has 2 aromatic rings. The van der Waals surface area contributed by atoms with Crippen LogP contribution in [0.4, 0.5) is 34.4 Å². The third-order valence-electron chi connectivity index (χ3n) is 7.74. The lowest BCUT2D eigenvalue weighted by Crippen LogP contribution is -2.57. The Morgan fingerprint density at radius 2 is 1.74 bits per heavy atom. The standard InChI is InChI=1S/C29H38F3IN6O3/c1-5-22-12-24(13-23(6-2)39(22)28(41)42-18(3)4)38(17-20-9-19(14-33)10-21(11-20)29(30,31)32)26-35-15-25(16-36-26)37-8-7-34-27(37)40/h9-11,15-16,18,22-24H,5-8,12-14,17H2,1-4H3,(H,34,40)/t22-,23+,24?. The summed E-state index contributed by atoms with van der Waals surface area (Å²) in [5, 5.41) is 2.75.